The van der Waals surface area contributed by atoms with Crippen LogP contribution in [0.25, 0.3) is 10.4 Å². The lowest BCUT2D eigenvalue weighted by molar-refractivity contribution is -0.192. The number of nitrogens with one attached hydrogen (secondary N) is 2. The summed E-state index contributed by atoms with van der Waals surface area (Å²) in [5, 5.41) is 13.1. The Bertz CT molecular complexity index is 1330. The molecule has 1 aliphatic heterocycles. The van der Waals surface area contributed by atoms with E-state index in [1.807, 2.05) is 45.0 Å². The number of rotatable bonds is 10. The first-order valence-corrected chi connectivity index (χ1v) is 15.5. The third-order valence-electron chi connectivity index (χ3n) is 6.57. The van der Waals surface area contributed by atoms with Crippen molar-refractivity contribution < 1.29 is 46.9 Å². The predicted octanol–water partition coefficient (Wildman–Crippen LogP) is 5.39. The van der Waals surface area contributed by atoms with E-state index in [1.165, 1.54) is 11.3 Å². The van der Waals surface area contributed by atoms with Gasteiger partial charge in [-0.3, -0.25) is 10.1 Å². The minimum Gasteiger partial charge on any atom is -0.492 e. The number of primary amides is 1. The van der Waals surface area contributed by atoms with Crippen LogP contribution in [-0.4, -0.2) is 96.1 Å². The number of carbonyl (C=O) groups excluding carboxylic acids is 3. The molecule has 1 aromatic carbocycles. The third kappa shape index (κ3) is 12.7. The van der Waals surface area contributed by atoms with Gasteiger partial charge in [-0.25, -0.2) is 14.4 Å². The second-order valence-corrected chi connectivity index (χ2v) is 12.3. The number of anilines is 1. The molecule has 0 unspecified atom stereocenters. The minimum absolute atomic E-state index is 0.240. The number of halogens is 3. The molecule has 1 aromatic heterocycles. The number of likely N-dealkylation sites (tertiary alicyclic amines) is 1. The zero-order valence-corrected chi connectivity index (χ0v) is 27.3. The molecule has 4 amide bonds. The van der Waals surface area contributed by atoms with Gasteiger partial charge in [0.2, 0.25) is 0 Å². The summed E-state index contributed by atoms with van der Waals surface area (Å²) in [6.07, 6.45) is -4.00. The van der Waals surface area contributed by atoms with Crippen LogP contribution in [0.4, 0.5) is 27.8 Å². The Balaban J connectivity index is 0.000000942. The van der Waals surface area contributed by atoms with E-state index in [9.17, 15) is 27.6 Å². The van der Waals surface area contributed by atoms with Crippen LogP contribution in [0.15, 0.2) is 30.3 Å². The Morgan fingerprint density at radius 3 is 2.24 bits per heavy atom. The van der Waals surface area contributed by atoms with Gasteiger partial charge in [0.1, 0.15) is 23.0 Å². The van der Waals surface area contributed by atoms with Crippen LogP contribution >= 0.6 is 11.3 Å². The van der Waals surface area contributed by atoms with Gasteiger partial charge in [0.25, 0.3) is 5.91 Å². The number of aliphatic carboxylic acids is 1. The van der Waals surface area contributed by atoms with Crippen molar-refractivity contribution in [3.8, 4) is 16.2 Å². The van der Waals surface area contributed by atoms with Crippen molar-refractivity contribution in [3.05, 3.63) is 35.9 Å². The molecule has 0 bridgehead atoms. The van der Waals surface area contributed by atoms with Crippen molar-refractivity contribution in [1.82, 2.24) is 15.1 Å². The summed E-state index contributed by atoms with van der Waals surface area (Å²) < 4.78 is 43.1. The number of amides is 4. The highest BCUT2D eigenvalue weighted by atomic mass is 32.1. The first-order chi connectivity index (χ1) is 21.4. The molecule has 5 N–H and O–H groups in total. The smallest absolute Gasteiger partial charge is 0.490 e. The highest BCUT2D eigenvalue weighted by molar-refractivity contribution is 7.20. The maximum atomic E-state index is 13.3. The second-order valence-electron chi connectivity index (χ2n) is 11.3. The van der Waals surface area contributed by atoms with Gasteiger partial charge >= 0.3 is 24.3 Å². The van der Waals surface area contributed by atoms with E-state index in [1.54, 1.807) is 11.0 Å². The molecule has 1 atom stereocenters. The van der Waals surface area contributed by atoms with E-state index < -0.39 is 29.9 Å². The van der Waals surface area contributed by atoms with Gasteiger partial charge in [-0.05, 0) is 82.6 Å². The molecule has 1 aliphatic rings. The number of ether oxygens (including phenoxy) is 2. The number of hydrogen-bond donors (Lipinski definition) is 4. The van der Waals surface area contributed by atoms with E-state index in [2.05, 4.69) is 29.4 Å². The number of piperidine rings is 1. The molecule has 46 heavy (non-hydrogen) atoms. The van der Waals surface area contributed by atoms with E-state index in [0.717, 1.165) is 48.7 Å². The van der Waals surface area contributed by atoms with Gasteiger partial charge in [-0.1, -0.05) is 13.8 Å². The number of nitrogens with two attached hydrogens (primary N) is 1. The third-order valence-corrected chi connectivity index (χ3v) is 7.67. The molecule has 2 heterocycles. The zero-order chi connectivity index (χ0) is 34.7. The van der Waals surface area contributed by atoms with Crippen molar-refractivity contribution in [3.63, 3.8) is 0 Å². The number of likely N-dealkylation sites (N-methyl/N-ethyl adjacent to an activating group) is 1. The largest absolute Gasteiger partial charge is 0.492 e. The normalized spacial score (nSPS) is 15.0. The summed E-state index contributed by atoms with van der Waals surface area (Å²) in [6, 6.07) is 8.40. The number of carbonyl (C=O) groups is 4. The standard InChI is InChI=1S/C28H41N5O5S.C2HF3O2/c1-6-32(7-2)15-16-37-21-12-10-19(11-13-21)23-17-22(25(39-23)31-26(29)35)24(34)30-20-9-8-14-33(18-20)27(36)38-28(3,4)5;3-2(4,5)1(6)7/h10-13,17,20H,6-9,14-16,18H2,1-5H3,(H,30,34)(H3,29,31,35);(H,6,7)/t20-;/m1./s1. The van der Waals surface area contributed by atoms with E-state index in [4.69, 9.17) is 25.1 Å². The Morgan fingerprint density at radius 1 is 1.11 bits per heavy atom. The van der Waals surface area contributed by atoms with Crippen LogP contribution in [0.3, 0.4) is 0 Å². The fourth-order valence-corrected chi connectivity index (χ4v) is 5.37. The van der Waals surface area contributed by atoms with Crippen molar-refractivity contribution in [2.45, 2.75) is 65.3 Å². The van der Waals surface area contributed by atoms with E-state index in [-0.39, 0.29) is 11.9 Å². The minimum atomic E-state index is -5.08. The average Bonchev–Trinajstić information content (AvgIpc) is 3.38. The highest BCUT2D eigenvalue weighted by Gasteiger charge is 2.38. The quantitative estimate of drug-likeness (QED) is 0.261. The predicted molar refractivity (Wildman–Crippen MR) is 168 cm³/mol. The molecule has 0 aliphatic carbocycles. The number of hydrogen-bond acceptors (Lipinski definition) is 8. The molecule has 0 saturated carbocycles. The summed E-state index contributed by atoms with van der Waals surface area (Å²) >= 11 is 1.27. The molecule has 1 saturated heterocycles. The first kappa shape index (κ1) is 38.1. The Kier molecular flexibility index (Phi) is 14.1. The highest BCUT2D eigenvalue weighted by Crippen LogP contribution is 2.36. The molecule has 0 spiro atoms. The number of carboxylic acid groups (broad SMARTS) is 1. The molecular formula is C30H42F3N5O7S. The van der Waals surface area contributed by atoms with Crippen LogP contribution in [-0.2, 0) is 9.53 Å². The summed E-state index contributed by atoms with van der Waals surface area (Å²) in [5.74, 6) is -2.33. The Morgan fingerprint density at radius 2 is 1.72 bits per heavy atom. The molecule has 3 rings (SSSR count). The molecular weight excluding hydrogens is 631 g/mol. The van der Waals surface area contributed by atoms with Crippen molar-refractivity contribution >= 4 is 40.3 Å². The molecule has 16 heteroatoms. The van der Waals surface area contributed by atoms with E-state index in [0.29, 0.717) is 30.3 Å². The van der Waals surface area contributed by atoms with Gasteiger partial charge in [-0.15, -0.1) is 11.3 Å². The zero-order valence-electron chi connectivity index (χ0n) is 26.5. The number of alkyl halides is 3. The van der Waals surface area contributed by atoms with Gasteiger partial charge in [0.05, 0.1) is 5.56 Å². The molecule has 0 radical (unpaired) electrons. The Hall–Kier alpha value is -4.05. The number of thiophene rings is 1. The van der Waals surface area contributed by atoms with Crippen LogP contribution in [0, 0.1) is 0 Å². The van der Waals surface area contributed by atoms with Crippen LogP contribution in [0.2, 0.25) is 0 Å². The van der Waals surface area contributed by atoms with Gasteiger partial charge in [-0.2, -0.15) is 13.2 Å². The van der Waals surface area contributed by atoms with Crippen LogP contribution < -0.4 is 21.1 Å². The molecule has 2 aromatic rings. The fraction of sp³-hybridized carbons (Fsp3) is 0.533. The lowest BCUT2D eigenvalue weighted by Crippen LogP contribution is -2.50. The summed E-state index contributed by atoms with van der Waals surface area (Å²) in [7, 11) is 0. The maximum absolute atomic E-state index is 13.3. The molecule has 12 nitrogen and oxygen atoms in total. The lowest BCUT2D eigenvalue weighted by Gasteiger charge is -2.34. The summed E-state index contributed by atoms with van der Waals surface area (Å²) in [6.45, 7) is 14.1. The topological polar surface area (TPSA) is 164 Å². The van der Waals surface area contributed by atoms with Crippen LogP contribution in [0.1, 0.15) is 57.8 Å². The summed E-state index contributed by atoms with van der Waals surface area (Å²) in [5.41, 5.74) is 6.00. The van der Waals surface area contributed by atoms with Crippen molar-refractivity contribution in [2.75, 3.05) is 44.6 Å². The van der Waals surface area contributed by atoms with E-state index >= 15 is 0 Å². The van der Waals surface area contributed by atoms with Gasteiger partial charge in [0.15, 0.2) is 0 Å². The van der Waals surface area contributed by atoms with Gasteiger partial charge < -0.3 is 35.4 Å². The lowest BCUT2D eigenvalue weighted by atomic mass is 10.1. The Labute approximate surface area is 270 Å². The number of urea groups is 1. The summed E-state index contributed by atoms with van der Waals surface area (Å²) in [4.78, 5) is 51.1. The van der Waals surface area contributed by atoms with Crippen molar-refractivity contribution in [1.29, 1.82) is 0 Å². The van der Waals surface area contributed by atoms with Gasteiger partial charge in [0, 0.05) is 30.6 Å². The maximum Gasteiger partial charge on any atom is 0.490 e. The molecule has 1 fully saturated rings. The molecule has 256 valence electrons. The first-order valence-electron chi connectivity index (χ1n) is 14.7. The number of carboxylic acids is 1. The average molecular weight is 674 g/mol. The van der Waals surface area contributed by atoms with Crippen molar-refractivity contribution in [2.24, 2.45) is 5.73 Å². The van der Waals surface area contributed by atoms with Crippen LogP contribution in [0.5, 0.6) is 5.75 Å². The monoisotopic (exact) mass is 673 g/mol. The SMILES string of the molecule is CCN(CC)CCOc1ccc(-c2cc(C(=O)N[C@@H]3CCCN(C(=O)OC(C)(C)C)C3)c(NC(N)=O)s2)cc1.O=C(O)C(F)(F)F. The number of benzene rings is 1. The number of nitrogens with zero attached hydrogens (tertiary/aromatic N) is 2. The second kappa shape index (κ2) is 17.0. The fourth-order valence-electron chi connectivity index (χ4n) is 4.30.